The SMILES string of the molecule is CC[C@@H](C)CN(CC(=O)N(Cc1ccc2c(c1)OCO2)Cc1sccc1C)C(=O)c1ccco1. The van der Waals surface area contributed by atoms with Gasteiger partial charge in [0.2, 0.25) is 12.7 Å². The summed E-state index contributed by atoms with van der Waals surface area (Å²) in [5.74, 6) is 1.51. The summed E-state index contributed by atoms with van der Waals surface area (Å²) < 4.78 is 16.3. The van der Waals surface area contributed by atoms with E-state index in [-0.39, 0.29) is 36.8 Å². The van der Waals surface area contributed by atoms with Gasteiger partial charge >= 0.3 is 0 Å². The van der Waals surface area contributed by atoms with Crippen LogP contribution in [0.4, 0.5) is 0 Å². The van der Waals surface area contributed by atoms with Gasteiger partial charge in [0.1, 0.15) is 6.54 Å². The summed E-state index contributed by atoms with van der Waals surface area (Å²) >= 11 is 1.63. The molecule has 8 heteroatoms. The van der Waals surface area contributed by atoms with Gasteiger partial charge in [0, 0.05) is 18.0 Å². The van der Waals surface area contributed by atoms with Crippen molar-refractivity contribution in [3.8, 4) is 11.5 Å². The standard InChI is InChI=1S/C26H30N2O5S/c1-4-18(2)13-28(26(30)22-6-5-10-31-22)16-25(29)27(15-24-19(3)9-11-34-24)14-20-7-8-21-23(12-20)33-17-32-21/h5-12,18H,4,13-17H2,1-3H3/t18-/m1/s1. The molecule has 0 fully saturated rings. The number of thiophene rings is 1. The van der Waals surface area contributed by atoms with Crippen LogP contribution in [0.3, 0.4) is 0 Å². The van der Waals surface area contributed by atoms with Crippen LogP contribution in [-0.4, -0.2) is 41.5 Å². The van der Waals surface area contributed by atoms with Crippen LogP contribution in [0, 0.1) is 12.8 Å². The largest absolute Gasteiger partial charge is 0.459 e. The van der Waals surface area contributed by atoms with Crippen molar-refractivity contribution in [1.29, 1.82) is 0 Å². The van der Waals surface area contributed by atoms with Gasteiger partial charge in [-0.05, 0) is 59.7 Å². The van der Waals surface area contributed by atoms with E-state index in [0.29, 0.717) is 31.1 Å². The molecule has 0 spiro atoms. The number of furan rings is 1. The third-order valence-corrected chi connectivity index (χ3v) is 7.05. The molecule has 2 aromatic heterocycles. The first-order valence-corrected chi connectivity index (χ1v) is 12.3. The molecule has 1 aliphatic heterocycles. The van der Waals surface area contributed by atoms with Gasteiger partial charge in [-0.25, -0.2) is 0 Å². The Kier molecular flexibility index (Phi) is 7.57. The van der Waals surface area contributed by atoms with E-state index < -0.39 is 0 Å². The first kappa shape index (κ1) is 23.9. The predicted octanol–water partition coefficient (Wildman–Crippen LogP) is 5.10. The van der Waals surface area contributed by atoms with Gasteiger partial charge in [-0.3, -0.25) is 9.59 Å². The Morgan fingerprint density at radius 3 is 2.62 bits per heavy atom. The van der Waals surface area contributed by atoms with Crippen LogP contribution in [0.1, 0.15) is 46.8 Å². The van der Waals surface area contributed by atoms with Gasteiger partial charge in [-0.15, -0.1) is 11.3 Å². The fraction of sp³-hybridized carbons (Fsp3) is 0.385. The van der Waals surface area contributed by atoms with Gasteiger partial charge in [0.15, 0.2) is 17.3 Å². The van der Waals surface area contributed by atoms with E-state index >= 15 is 0 Å². The van der Waals surface area contributed by atoms with E-state index in [0.717, 1.165) is 22.4 Å². The number of nitrogens with zero attached hydrogens (tertiary/aromatic N) is 2. The first-order valence-electron chi connectivity index (χ1n) is 11.5. The van der Waals surface area contributed by atoms with Gasteiger partial charge in [0.25, 0.3) is 5.91 Å². The number of fused-ring (bicyclic) bond motifs is 1. The Balaban J connectivity index is 1.56. The molecule has 7 nitrogen and oxygen atoms in total. The minimum absolute atomic E-state index is 0.0150. The monoisotopic (exact) mass is 482 g/mol. The Hall–Kier alpha value is -3.26. The molecule has 0 saturated carbocycles. The van der Waals surface area contributed by atoms with E-state index in [2.05, 4.69) is 19.9 Å². The summed E-state index contributed by atoms with van der Waals surface area (Å²) in [6.07, 6.45) is 2.38. The second kappa shape index (κ2) is 10.8. The smallest absolute Gasteiger partial charge is 0.290 e. The second-order valence-corrected chi connectivity index (χ2v) is 9.64. The fourth-order valence-electron chi connectivity index (χ4n) is 3.78. The molecular formula is C26H30N2O5S. The molecule has 3 aromatic rings. The van der Waals surface area contributed by atoms with Gasteiger partial charge in [-0.1, -0.05) is 26.3 Å². The Labute approximate surface area is 203 Å². The zero-order valence-corrected chi connectivity index (χ0v) is 20.6. The molecule has 2 amide bonds. The number of carbonyl (C=O) groups excluding carboxylic acids is 2. The van der Waals surface area contributed by atoms with Crippen molar-refractivity contribution in [3.63, 3.8) is 0 Å². The number of hydrogen-bond donors (Lipinski definition) is 0. The molecule has 0 N–H and O–H groups in total. The number of aryl methyl sites for hydroxylation is 1. The second-order valence-electron chi connectivity index (χ2n) is 8.64. The van der Waals surface area contributed by atoms with Crippen molar-refractivity contribution >= 4 is 23.2 Å². The molecule has 0 unspecified atom stereocenters. The summed E-state index contributed by atoms with van der Waals surface area (Å²) in [4.78, 5) is 31.3. The van der Waals surface area contributed by atoms with Crippen LogP contribution in [0.2, 0.25) is 0 Å². The molecule has 0 saturated heterocycles. The summed E-state index contributed by atoms with van der Waals surface area (Å²) in [7, 11) is 0. The van der Waals surface area contributed by atoms with Crippen LogP contribution >= 0.6 is 11.3 Å². The summed E-state index contributed by atoms with van der Waals surface area (Å²) in [5, 5.41) is 2.03. The molecule has 4 rings (SSSR count). The van der Waals surface area contributed by atoms with Crippen molar-refractivity contribution in [2.75, 3.05) is 19.9 Å². The number of benzene rings is 1. The van der Waals surface area contributed by atoms with Crippen molar-refractivity contribution < 1.29 is 23.5 Å². The highest BCUT2D eigenvalue weighted by Gasteiger charge is 2.26. The molecule has 1 aliphatic rings. The maximum Gasteiger partial charge on any atom is 0.290 e. The van der Waals surface area contributed by atoms with Crippen molar-refractivity contribution in [3.05, 3.63) is 69.8 Å². The van der Waals surface area contributed by atoms with E-state index in [9.17, 15) is 9.59 Å². The molecule has 1 atom stereocenters. The predicted molar refractivity (Wildman–Crippen MR) is 130 cm³/mol. The topological polar surface area (TPSA) is 72.2 Å². The maximum absolute atomic E-state index is 13.6. The van der Waals surface area contributed by atoms with Crippen molar-refractivity contribution in [2.24, 2.45) is 5.92 Å². The fourth-order valence-corrected chi connectivity index (χ4v) is 4.70. The van der Waals surface area contributed by atoms with Crippen molar-refractivity contribution in [2.45, 2.75) is 40.3 Å². The van der Waals surface area contributed by atoms with E-state index in [1.165, 1.54) is 6.26 Å². The highest BCUT2D eigenvalue weighted by Crippen LogP contribution is 2.33. The van der Waals surface area contributed by atoms with Crippen molar-refractivity contribution in [1.82, 2.24) is 9.80 Å². The maximum atomic E-state index is 13.6. The zero-order chi connectivity index (χ0) is 24.1. The van der Waals surface area contributed by atoms with Crippen LogP contribution in [0.25, 0.3) is 0 Å². The number of amides is 2. The molecule has 34 heavy (non-hydrogen) atoms. The van der Waals surface area contributed by atoms with Crippen LogP contribution < -0.4 is 9.47 Å². The minimum atomic E-state index is -0.269. The molecule has 0 radical (unpaired) electrons. The number of carbonyl (C=O) groups is 2. The molecule has 3 heterocycles. The average Bonchev–Trinajstić information content (AvgIpc) is 3.60. The highest BCUT2D eigenvalue weighted by atomic mass is 32.1. The summed E-state index contributed by atoms with van der Waals surface area (Å²) in [5.41, 5.74) is 2.09. The van der Waals surface area contributed by atoms with Gasteiger partial charge in [0.05, 0.1) is 12.8 Å². The Morgan fingerprint density at radius 2 is 1.91 bits per heavy atom. The third kappa shape index (κ3) is 5.62. The van der Waals surface area contributed by atoms with E-state index in [1.54, 1.807) is 33.3 Å². The normalized spacial score (nSPS) is 13.0. The first-order chi connectivity index (χ1) is 16.4. The van der Waals surface area contributed by atoms with E-state index in [4.69, 9.17) is 13.9 Å². The Morgan fingerprint density at radius 1 is 1.09 bits per heavy atom. The zero-order valence-electron chi connectivity index (χ0n) is 19.8. The lowest BCUT2D eigenvalue weighted by atomic mass is 10.1. The quantitative estimate of drug-likeness (QED) is 0.402. The molecular weight excluding hydrogens is 452 g/mol. The average molecular weight is 483 g/mol. The third-order valence-electron chi connectivity index (χ3n) is 6.04. The van der Waals surface area contributed by atoms with Crippen LogP contribution in [0.5, 0.6) is 11.5 Å². The number of ether oxygens (including phenoxy) is 2. The van der Waals surface area contributed by atoms with Crippen LogP contribution in [-0.2, 0) is 17.9 Å². The minimum Gasteiger partial charge on any atom is -0.459 e. The number of hydrogen-bond acceptors (Lipinski definition) is 6. The lowest BCUT2D eigenvalue weighted by molar-refractivity contribution is -0.133. The number of rotatable bonds is 10. The summed E-state index contributed by atoms with van der Waals surface area (Å²) in [6.45, 7) is 7.75. The summed E-state index contributed by atoms with van der Waals surface area (Å²) in [6, 6.07) is 11.1. The highest BCUT2D eigenvalue weighted by molar-refractivity contribution is 7.10. The molecule has 0 bridgehead atoms. The van der Waals surface area contributed by atoms with E-state index in [1.807, 2.05) is 30.5 Å². The molecule has 1 aromatic carbocycles. The van der Waals surface area contributed by atoms with Gasteiger partial charge in [-0.2, -0.15) is 0 Å². The lowest BCUT2D eigenvalue weighted by Gasteiger charge is -2.29. The van der Waals surface area contributed by atoms with Crippen LogP contribution in [0.15, 0.2) is 52.5 Å². The van der Waals surface area contributed by atoms with Gasteiger partial charge < -0.3 is 23.7 Å². The molecule has 0 aliphatic carbocycles. The molecule has 180 valence electrons. The Bertz CT molecular complexity index is 1120. The lowest BCUT2D eigenvalue weighted by Crippen LogP contribution is -2.44.